The van der Waals surface area contributed by atoms with Gasteiger partial charge in [0.1, 0.15) is 0 Å². The summed E-state index contributed by atoms with van der Waals surface area (Å²) in [4.78, 5) is 11.0. The van der Waals surface area contributed by atoms with Crippen molar-refractivity contribution in [3.05, 3.63) is 23.8 Å². The number of phenolic OH excluding ortho intramolecular Hbond substituents is 1. The maximum atomic E-state index is 11.9. The van der Waals surface area contributed by atoms with Crippen molar-refractivity contribution < 1.29 is 32.5 Å². The molecule has 0 radical (unpaired) electrons. The van der Waals surface area contributed by atoms with E-state index in [-0.39, 0.29) is 5.56 Å². The predicted octanol–water partition coefficient (Wildman–Crippen LogP) is 2.08. The number of esters is 1. The molecule has 0 spiro atoms. The van der Waals surface area contributed by atoms with Crippen LogP contribution < -0.4 is 4.74 Å². The number of methoxy groups -OCH3 is 1. The minimum atomic E-state index is -4.94. The summed E-state index contributed by atoms with van der Waals surface area (Å²) in [7, 11) is 1.08. The van der Waals surface area contributed by atoms with E-state index < -0.39 is 23.8 Å². The molecular formula is C9H7F3O4. The number of aromatic hydroxyl groups is 1. The lowest BCUT2D eigenvalue weighted by molar-refractivity contribution is -0.275. The van der Waals surface area contributed by atoms with Gasteiger partial charge in [0.2, 0.25) is 0 Å². The maximum Gasteiger partial charge on any atom is 0.573 e. The molecule has 4 nitrogen and oxygen atoms in total. The van der Waals surface area contributed by atoms with Gasteiger partial charge in [-0.25, -0.2) is 4.79 Å². The van der Waals surface area contributed by atoms with Crippen molar-refractivity contribution >= 4 is 5.97 Å². The van der Waals surface area contributed by atoms with E-state index in [1.807, 2.05) is 0 Å². The summed E-state index contributed by atoms with van der Waals surface area (Å²) in [6, 6.07) is 2.77. The second kappa shape index (κ2) is 4.30. The van der Waals surface area contributed by atoms with Crippen LogP contribution in [-0.4, -0.2) is 24.5 Å². The Kier molecular flexibility index (Phi) is 3.26. The zero-order valence-electron chi connectivity index (χ0n) is 8.04. The molecule has 0 aromatic heterocycles. The Morgan fingerprint density at radius 3 is 2.50 bits per heavy atom. The number of hydrogen-bond acceptors (Lipinski definition) is 4. The van der Waals surface area contributed by atoms with Gasteiger partial charge in [0.05, 0.1) is 12.7 Å². The lowest BCUT2D eigenvalue weighted by atomic mass is 10.2. The molecule has 0 aliphatic heterocycles. The third kappa shape index (κ3) is 3.04. The van der Waals surface area contributed by atoms with Gasteiger partial charge in [0, 0.05) is 0 Å². The predicted molar refractivity (Wildman–Crippen MR) is 46.1 cm³/mol. The molecule has 0 aliphatic carbocycles. The Bertz CT molecular complexity index is 400. The molecule has 0 aliphatic rings. The second-order valence-corrected chi connectivity index (χ2v) is 2.72. The number of benzene rings is 1. The number of ether oxygens (including phenoxy) is 2. The number of phenols is 1. The van der Waals surface area contributed by atoms with E-state index in [4.69, 9.17) is 5.11 Å². The van der Waals surface area contributed by atoms with Gasteiger partial charge < -0.3 is 14.6 Å². The number of carbonyl (C=O) groups excluding carboxylic acids is 1. The van der Waals surface area contributed by atoms with Gasteiger partial charge in [-0.1, -0.05) is 0 Å². The molecule has 1 aromatic carbocycles. The average molecular weight is 236 g/mol. The Hall–Kier alpha value is -1.92. The largest absolute Gasteiger partial charge is 0.573 e. The second-order valence-electron chi connectivity index (χ2n) is 2.72. The molecule has 0 heterocycles. The third-order valence-electron chi connectivity index (χ3n) is 1.61. The number of halogens is 3. The molecule has 0 unspecified atom stereocenters. The van der Waals surface area contributed by atoms with Gasteiger partial charge in [-0.3, -0.25) is 0 Å². The van der Waals surface area contributed by atoms with Crippen molar-refractivity contribution in [2.45, 2.75) is 6.36 Å². The molecule has 0 atom stereocenters. The summed E-state index contributed by atoms with van der Waals surface area (Å²) in [5.74, 6) is -2.40. The van der Waals surface area contributed by atoms with E-state index in [1.165, 1.54) is 0 Å². The van der Waals surface area contributed by atoms with Crippen molar-refractivity contribution in [1.29, 1.82) is 0 Å². The van der Waals surface area contributed by atoms with Crippen LogP contribution in [0.1, 0.15) is 10.4 Å². The van der Waals surface area contributed by atoms with Crippen LogP contribution in [0.4, 0.5) is 13.2 Å². The molecule has 0 amide bonds. The molecule has 16 heavy (non-hydrogen) atoms. The molecule has 0 saturated carbocycles. The monoisotopic (exact) mass is 236 g/mol. The lowest BCUT2D eigenvalue weighted by Gasteiger charge is -2.10. The highest BCUT2D eigenvalue weighted by Crippen LogP contribution is 2.32. The fourth-order valence-electron chi connectivity index (χ4n) is 0.965. The first-order chi connectivity index (χ1) is 7.33. The Morgan fingerprint density at radius 2 is 2.00 bits per heavy atom. The third-order valence-corrected chi connectivity index (χ3v) is 1.61. The number of rotatable bonds is 2. The molecule has 88 valence electrons. The molecular weight excluding hydrogens is 229 g/mol. The highest BCUT2D eigenvalue weighted by molar-refractivity contribution is 5.90. The molecule has 1 N–H and O–H groups in total. The maximum absolute atomic E-state index is 11.9. The van der Waals surface area contributed by atoms with E-state index in [0.29, 0.717) is 0 Å². The minimum absolute atomic E-state index is 0.153. The highest BCUT2D eigenvalue weighted by Gasteiger charge is 2.32. The quantitative estimate of drug-likeness (QED) is 0.798. The van der Waals surface area contributed by atoms with Crippen LogP contribution >= 0.6 is 0 Å². The standard InChI is InChI=1S/C9H7F3O4/c1-15-8(14)5-2-3-6(13)7(4-5)16-9(10,11)12/h2-4,13H,1H3. The van der Waals surface area contributed by atoms with Crippen molar-refractivity contribution in [3.8, 4) is 11.5 Å². The Labute approximate surface area is 88.2 Å². The summed E-state index contributed by atoms with van der Waals surface area (Å²) < 4.78 is 43.5. The van der Waals surface area contributed by atoms with E-state index in [0.717, 1.165) is 25.3 Å². The fraction of sp³-hybridized carbons (Fsp3) is 0.222. The first-order valence-corrected chi connectivity index (χ1v) is 4.00. The topological polar surface area (TPSA) is 55.8 Å². The van der Waals surface area contributed by atoms with Crippen LogP contribution in [0, 0.1) is 0 Å². The summed E-state index contributed by atoms with van der Waals surface area (Å²) in [6.07, 6.45) is -4.94. The van der Waals surface area contributed by atoms with Gasteiger partial charge in [-0.2, -0.15) is 0 Å². The molecule has 0 bridgehead atoms. The summed E-state index contributed by atoms with van der Waals surface area (Å²) in [6.45, 7) is 0. The first kappa shape index (κ1) is 12.2. The van der Waals surface area contributed by atoms with Gasteiger partial charge in [-0.05, 0) is 18.2 Å². The van der Waals surface area contributed by atoms with Gasteiger partial charge >= 0.3 is 12.3 Å². The summed E-state index contributed by atoms with van der Waals surface area (Å²) >= 11 is 0. The summed E-state index contributed by atoms with van der Waals surface area (Å²) in [5, 5.41) is 9.08. The SMILES string of the molecule is COC(=O)c1ccc(O)c(OC(F)(F)F)c1. The molecule has 7 heteroatoms. The highest BCUT2D eigenvalue weighted by atomic mass is 19.4. The van der Waals surface area contributed by atoms with Gasteiger partial charge in [0.25, 0.3) is 0 Å². The molecule has 0 saturated heterocycles. The Balaban J connectivity index is 3.04. The zero-order valence-corrected chi connectivity index (χ0v) is 8.04. The number of carbonyl (C=O) groups is 1. The molecule has 1 rings (SSSR count). The van der Waals surface area contributed by atoms with Crippen molar-refractivity contribution in [2.24, 2.45) is 0 Å². The van der Waals surface area contributed by atoms with Crippen LogP contribution in [0.3, 0.4) is 0 Å². The van der Waals surface area contributed by atoms with Crippen LogP contribution in [0.5, 0.6) is 11.5 Å². The summed E-state index contributed by atoms with van der Waals surface area (Å²) in [5.41, 5.74) is -0.153. The van der Waals surface area contributed by atoms with Gasteiger partial charge in [0.15, 0.2) is 11.5 Å². The zero-order chi connectivity index (χ0) is 12.3. The molecule has 1 aromatic rings. The first-order valence-electron chi connectivity index (χ1n) is 4.00. The van der Waals surface area contributed by atoms with Crippen LogP contribution in [0.15, 0.2) is 18.2 Å². The van der Waals surface area contributed by atoms with Crippen molar-refractivity contribution in [3.63, 3.8) is 0 Å². The van der Waals surface area contributed by atoms with Crippen LogP contribution in [0.25, 0.3) is 0 Å². The number of alkyl halides is 3. The minimum Gasteiger partial charge on any atom is -0.504 e. The van der Waals surface area contributed by atoms with Crippen LogP contribution in [-0.2, 0) is 4.74 Å². The van der Waals surface area contributed by atoms with E-state index in [1.54, 1.807) is 0 Å². The van der Waals surface area contributed by atoms with E-state index in [2.05, 4.69) is 9.47 Å². The average Bonchev–Trinajstić information content (AvgIpc) is 2.18. The molecule has 0 fully saturated rings. The van der Waals surface area contributed by atoms with Crippen LogP contribution in [0.2, 0.25) is 0 Å². The van der Waals surface area contributed by atoms with Gasteiger partial charge in [-0.15, -0.1) is 13.2 Å². The van der Waals surface area contributed by atoms with Crippen molar-refractivity contribution in [1.82, 2.24) is 0 Å². The van der Waals surface area contributed by atoms with Crippen molar-refractivity contribution in [2.75, 3.05) is 7.11 Å². The Morgan fingerprint density at radius 1 is 1.38 bits per heavy atom. The van der Waals surface area contributed by atoms with E-state index >= 15 is 0 Å². The van der Waals surface area contributed by atoms with E-state index in [9.17, 15) is 18.0 Å². The smallest absolute Gasteiger partial charge is 0.504 e. The number of hydrogen-bond donors (Lipinski definition) is 1. The lowest BCUT2D eigenvalue weighted by Crippen LogP contribution is -2.17. The fourth-order valence-corrected chi connectivity index (χ4v) is 0.965. The normalized spacial score (nSPS) is 11.0.